The number of thiazole rings is 1. The van der Waals surface area contributed by atoms with Crippen LogP contribution in [0.2, 0.25) is 0 Å². The van der Waals surface area contributed by atoms with Crippen LogP contribution in [0, 0.1) is 0 Å². The Hall–Kier alpha value is -0.260. The number of hydrogen-bond donors (Lipinski definition) is 1. The van der Waals surface area contributed by atoms with E-state index in [-0.39, 0.29) is 0 Å². The minimum atomic E-state index is 0.680. The monoisotopic (exact) mass is 271 g/mol. The number of nitrogens with zero attached hydrogens (tertiary/aromatic N) is 2. The van der Waals surface area contributed by atoms with Crippen LogP contribution >= 0.6 is 23.1 Å². The SMILES string of the molecule is CCSC1CCC(N(C)Cc2cnc(N)s2)C1. The lowest BCUT2D eigenvalue weighted by atomic mass is 10.2. The van der Waals surface area contributed by atoms with Gasteiger partial charge in [-0.2, -0.15) is 11.8 Å². The second-order valence-electron chi connectivity index (χ2n) is 4.62. The van der Waals surface area contributed by atoms with Crippen molar-refractivity contribution in [2.75, 3.05) is 18.5 Å². The van der Waals surface area contributed by atoms with Gasteiger partial charge in [0.05, 0.1) is 0 Å². The number of aromatic nitrogens is 1. The molecule has 0 bridgehead atoms. The molecule has 1 aliphatic rings. The Morgan fingerprint density at radius 3 is 3.06 bits per heavy atom. The van der Waals surface area contributed by atoms with Gasteiger partial charge in [0.15, 0.2) is 5.13 Å². The maximum Gasteiger partial charge on any atom is 0.180 e. The molecule has 2 rings (SSSR count). The van der Waals surface area contributed by atoms with Crippen molar-refractivity contribution in [3.8, 4) is 0 Å². The molecule has 0 aliphatic heterocycles. The van der Waals surface area contributed by atoms with Crippen molar-refractivity contribution in [2.24, 2.45) is 0 Å². The number of anilines is 1. The van der Waals surface area contributed by atoms with E-state index in [1.54, 1.807) is 11.3 Å². The average molecular weight is 271 g/mol. The van der Waals surface area contributed by atoms with Crippen molar-refractivity contribution < 1.29 is 0 Å². The number of nitrogens with two attached hydrogens (primary N) is 1. The maximum absolute atomic E-state index is 5.65. The molecule has 5 heteroatoms. The second-order valence-corrected chi connectivity index (χ2v) is 7.35. The Balaban J connectivity index is 1.82. The van der Waals surface area contributed by atoms with E-state index in [2.05, 4.69) is 35.6 Å². The standard InChI is InChI=1S/C12H21N3S2/c1-3-16-10-5-4-9(6-10)15(2)8-11-7-14-12(13)17-11/h7,9-10H,3-6,8H2,1-2H3,(H2,13,14). The van der Waals surface area contributed by atoms with E-state index in [1.165, 1.54) is 29.9 Å². The summed E-state index contributed by atoms with van der Waals surface area (Å²) < 4.78 is 0. The lowest BCUT2D eigenvalue weighted by Crippen LogP contribution is -2.28. The molecular weight excluding hydrogens is 250 g/mol. The van der Waals surface area contributed by atoms with Gasteiger partial charge >= 0.3 is 0 Å². The van der Waals surface area contributed by atoms with Gasteiger partial charge in [0.2, 0.25) is 0 Å². The van der Waals surface area contributed by atoms with Crippen LogP contribution in [0.5, 0.6) is 0 Å². The summed E-state index contributed by atoms with van der Waals surface area (Å²) in [7, 11) is 2.22. The highest BCUT2D eigenvalue weighted by Gasteiger charge is 2.27. The van der Waals surface area contributed by atoms with E-state index in [0.717, 1.165) is 17.8 Å². The quantitative estimate of drug-likeness (QED) is 0.894. The molecule has 1 heterocycles. The summed E-state index contributed by atoms with van der Waals surface area (Å²) in [5.41, 5.74) is 5.65. The molecule has 2 N–H and O–H groups in total. The van der Waals surface area contributed by atoms with Gasteiger partial charge < -0.3 is 5.73 Å². The van der Waals surface area contributed by atoms with Crippen LogP contribution in [0.15, 0.2) is 6.20 Å². The van der Waals surface area contributed by atoms with Crippen molar-refractivity contribution >= 4 is 28.2 Å². The summed E-state index contributed by atoms with van der Waals surface area (Å²) in [4.78, 5) is 7.84. The molecule has 17 heavy (non-hydrogen) atoms. The Morgan fingerprint density at radius 1 is 1.59 bits per heavy atom. The maximum atomic E-state index is 5.65. The highest BCUT2D eigenvalue weighted by Crippen LogP contribution is 2.33. The number of hydrogen-bond acceptors (Lipinski definition) is 5. The van der Waals surface area contributed by atoms with Gasteiger partial charge in [0, 0.05) is 28.9 Å². The molecule has 1 fully saturated rings. The molecule has 0 amide bonds. The molecular formula is C12H21N3S2. The Bertz CT molecular complexity index is 353. The van der Waals surface area contributed by atoms with Crippen LogP contribution in [-0.4, -0.2) is 34.0 Å². The van der Waals surface area contributed by atoms with E-state index >= 15 is 0 Å². The number of rotatable bonds is 5. The highest BCUT2D eigenvalue weighted by atomic mass is 32.2. The van der Waals surface area contributed by atoms with Crippen molar-refractivity contribution in [3.05, 3.63) is 11.1 Å². The van der Waals surface area contributed by atoms with Crippen LogP contribution in [0.3, 0.4) is 0 Å². The third-order valence-electron chi connectivity index (χ3n) is 3.36. The van der Waals surface area contributed by atoms with Gasteiger partial charge in [0.1, 0.15) is 0 Å². The number of thioether (sulfide) groups is 1. The Morgan fingerprint density at radius 2 is 2.41 bits per heavy atom. The third-order valence-corrected chi connectivity index (χ3v) is 5.40. The smallest absolute Gasteiger partial charge is 0.180 e. The van der Waals surface area contributed by atoms with Crippen LogP contribution in [-0.2, 0) is 6.54 Å². The summed E-state index contributed by atoms with van der Waals surface area (Å²) >= 11 is 3.72. The first kappa shape index (κ1) is 13.2. The van der Waals surface area contributed by atoms with E-state index in [0.29, 0.717) is 5.13 Å². The largest absolute Gasteiger partial charge is 0.375 e. The highest BCUT2D eigenvalue weighted by molar-refractivity contribution is 7.99. The third kappa shape index (κ3) is 3.60. The van der Waals surface area contributed by atoms with E-state index in [1.807, 2.05) is 6.20 Å². The zero-order valence-electron chi connectivity index (χ0n) is 10.6. The molecule has 1 aromatic rings. The minimum absolute atomic E-state index is 0.680. The molecule has 1 aromatic heterocycles. The molecule has 0 saturated heterocycles. The van der Waals surface area contributed by atoms with Gasteiger partial charge in [-0.1, -0.05) is 6.92 Å². The van der Waals surface area contributed by atoms with E-state index in [4.69, 9.17) is 5.73 Å². The molecule has 0 spiro atoms. The minimum Gasteiger partial charge on any atom is -0.375 e. The topological polar surface area (TPSA) is 42.2 Å². The van der Waals surface area contributed by atoms with Gasteiger partial charge in [-0.15, -0.1) is 11.3 Å². The first-order valence-electron chi connectivity index (χ1n) is 6.21. The summed E-state index contributed by atoms with van der Waals surface area (Å²) in [6.45, 7) is 3.24. The fourth-order valence-corrected chi connectivity index (χ4v) is 4.36. The lowest BCUT2D eigenvalue weighted by molar-refractivity contribution is 0.239. The molecule has 96 valence electrons. The van der Waals surface area contributed by atoms with Crippen molar-refractivity contribution in [2.45, 2.75) is 44.0 Å². The summed E-state index contributed by atoms with van der Waals surface area (Å²) in [6, 6.07) is 0.738. The van der Waals surface area contributed by atoms with Crippen LogP contribution in [0.4, 0.5) is 5.13 Å². The van der Waals surface area contributed by atoms with Crippen molar-refractivity contribution in [1.82, 2.24) is 9.88 Å². The average Bonchev–Trinajstić information content (AvgIpc) is 2.88. The predicted molar refractivity (Wildman–Crippen MR) is 77.6 cm³/mol. The van der Waals surface area contributed by atoms with Crippen molar-refractivity contribution in [3.63, 3.8) is 0 Å². The van der Waals surface area contributed by atoms with E-state index < -0.39 is 0 Å². The molecule has 1 aliphatic carbocycles. The summed E-state index contributed by atoms with van der Waals surface area (Å²) in [5, 5.41) is 1.55. The predicted octanol–water partition coefficient (Wildman–Crippen LogP) is 2.83. The first-order chi connectivity index (χ1) is 8.19. The molecule has 1 saturated carbocycles. The van der Waals surface area contributed by atoms with Crippen LogP contribution in [0.25, 0.3) is 0 Å². The van der Waals surface area contributed by atoms with Crippen LogP contribution in [0.1, 0.15) is 31.1 Å². The van der Waals surface area contributed by atoms with Crippen LogP contribution < -0.4 is 5.73 Å². The Kier molecular flexibility index (Phi) is 4.70. The first-order valence-corrected chi connectivity index (χ1v) is 8.07. The molecule has 0 aromatic carbocycles. The molecule has 2 unspecified atom stereocenters. The normalized spacial score (nSPS) is 24.6. The summed E-state index contributed by atoms with van der Waals surface area (Å²) in [5.74, 6) is 1.24. The molecule has 2 atom stereocenters. The fraction of sp³-hybridized carbons (Fsp3) is 0.750. The van der Waals surface area contributed by atoms with Gasteiger partial charge in [-0.3, -0.25) is 4.90 Å². The zero-order chi connectivity index (χ0) is 12.3. The second kappa shape index (κ2) is 6.07. The molecule has 3 nitrogen and oxygen atoms in total. The van der Waals surface area contributed by atoms with Gasteiger partial charge in [0.25, 0.3) is 0 Å². The van der Waals surface area contributed by atoms with E-state index in [9.17, 15) is 0 Å². The number of nitrogen functional groups attached to an aromatic ring is 1. The fourth-order valence-electron chi connectivity index (χ4n) is 2.48. The van der Waals surface area contributed by atoms with Gasteiger partial charge in [-0.25, -0.2) is 4.98 Å². The zero-order valence-corrected chi connectivity index (χ0v) is 12.2. The van der Waals surface area contributed by atoms with Gasteiger partial charge in [-0.05, 0) is 32.1 Å². The Labute approximate surface area is 112 Å². The summed E-state index contributed by atoms with van der Waals surface area (Å²) in [6.07, 6.45) is 5.95. The van der Waals surface area contributed by atoms with Crippen molar-refractivity contribution in [1.29, 1.82) is 0 Å². The lowest BCUT2D eigenvalue weighted by Gasteiger charge is -2.23. The molecule has 0 radical (unpaired) electrons.